The summed E-state index contributed by atoms with van der Waals surface area (Å²) in [6.07, 6.45) is 1.40. The number of carbonyl (C=O) groups excluding carboxylic acids is 1. The average Bonchev–Trinajstić information content (AvgIpc) is 2.90. The Hall–Kier alpha value is -1.89. The number of H-pyrrole nitrogens is 1. The van der Waals surface area contributed by atoms with Crippen molar-refractivity contribution in [3.63, 3.8) is 0 Å². The molecule has 1 heterocycles. The summed E-state index contributed by atoms with van der Waals surface area (Å²) in [5, 5.41) is 9.19. The second kappa shape index (κ2) is 6.33. The van der Waals surface area contributed by atoms with E-state index in [2.05, 4.69) is 36.4 Å². The van der Waals surface area contributed by atoms with Crippen molar-refractivity contribution < 1.29 is 9.53 Å². The molecule has 19 heavy (non-hydrogen) atoms. The molecule has 0 aliphatic rings. The highest BCUT2D eigenvalue weighted by molar-refractivity contribution is 9.10. The van der Waals surface area contributed by atoms with E-state index in [4.69, 9.17) is 4.74 Å². The molecule has 6 nitrogen and oxygen atoms in total. The van der Waals surface area contributed by atoms with E-state index < -0.39 is 0 Å². The first kappa shape index (κ1) is 13.5. The largest absolute Gasteiger partial charge is 0.484 e. The fraction of sp³-hybridized carbons (Fsp3) is 0.250. The smallest absolute Gasteiger partial charge is 0.258 e. The van der Waals surface area contributed by atoms with Crippen LogP contribution in [0.3, 0.4) is 0 Å². The van der Waals surface area contributed by atoms with Crippen molar-refractivity contribution in [3.05, 3.63) is 40.9 Å². The minimum atomic E-state index is -0.235. The molecule has 0 saturated carbocycles. The summed E-state index contributed by atoms with van der Waals surface area (Å²) in [7, 11) is 0. The third kappa shape index (κ3) is 4.06. The van der Waals surface area contributed by atoms with Crippen LogP contribution in [0, 0.1) is 0 Å². The van der Waals surface area contributed by atoms with Gasteiger partial charge in [-0.25, -0.2) is 4.98 Å². The molecule has 2 aromatic rings. The number of aromatic nitrogens is 3. The van der Waals surface area contributed by atoms with Crippen molar-refractivity contribution in [3.8, 4) is 5.75 Å². The van der Waals surface area contributed by atoms with Crippen LogP contribution < -0.4 is 10.1 Å². The average molecular weight is 325 g/mol. The van der Waals surface area contributed by atoms with Crippen molar-refractivity contribution in [2.24, 2.45) is 0 Å². The van der Waals surface area contributed by atoms with Crippen molar-refractivity contribution >= 4 is 21.8 Å². The maximum atomic E-state index is 11.7. The van der Waals surface area contributed by atoms with Crippen LogP contribution in [0.1, 0.15) is 18.8 Å². The standard InChI is InChI=1S/C12H13BrN4O2/c1-8(12-14-7-15-17-12)16-11(18)6-19-10-4-2-3-9(13)5-10/h2-5,7-8H,6H2,1H3,(H,16,18)(H,14,15,17). The number of amides is 1. The van der Waals surface area contributed by atoms with Crippen LogP contribution in [0.2, 0.25) is 0 Å². The molecule has 1 unspecified atom stereocenters. The van der Waals surface area contributed by atoms with Gasteiger partial charge in [-0.3, -0.25) is 9.89 Å². The second-order valence-electron chi connectivity index (χ2n) is 3.91. The van der Waals surface area contributed by atoms with Crippen LogP contribution in [0.4, 0.5) is 0 Å². The van der Waals surface area contributed by atoms with Crippen LogP contribution in [-0.4, -0.2) is 27.7 Å². The summed E-state index contributed by atoms with van der Waals surface area (Å²) in [4.78, 5) is 15.7. The number of halogens is 1. The Morgan fingerprint density at radius 3 is 3.11 bits per heavy atom. The minimum absolute atomic E-state index is 0.0467. The highest BCUT2D eigenvalue weighted by Gasteiger charge is 2.12. The first-order chi connectivity index (χ1) is 9.15. The van der Waals surface area contributed by atoms with Gasteiger partial charge in [-0.05, 0) is 25.1 Å². The van der Waals surface area contributed by atoms with E-state index >= 15 is 0 Å². The number of benzene rings is 1. The third-order valence-corrected chi connectivity index (χ3v) is 2.88. The molecule has 0 spiro atoms. The highest BCUT2D eigenvalue weighted by atomic mass is 79.9. The summed E-state index contributed by atoms with van der Waals surface area (Å²) < 4.78 is 6.28. The first-order valence-electron chi connectivity index (χ1n) is 5.68. The van der Waals surface area contributed by atoms with Crippen LogP contribution in [0.15, 0.2) is 35.1 Å². The van der Waals surface area contributed by atoms with Gasteiger partial charge in [-0.1, -0.05) is 22.0 Å². The molecule has 2 rings (SSSR count). The van der Waals surface area contributed by atoms with E-state index in [1.54, 1.807) is 12.1 Å². The van der Waals surface area contributed by atoms with Crippen molar-refractivity contribution in [1.82, 2.24) is 20.5 Å². The monoisotopic (exact) mass is 324 g/mol. The lowest BCUT2D eigenvalue weighted by molar-refractivity contribution is -0.123. The summed E-state index contributed by atoms with van der Waals surface area (Å²) in [5.74, 6) is 1.02. The van der Waals surface area contributed by atoms with Crippen LogP contribution in [0.25, 0.3) is 0 Å². The van der Waals surface area contributed by atoms with Gasteiger partial charge < -0.3 is 10.1 Å². The van der Waals surface area contributed by atoms with E-state index in [0.717, 1.165) is 4.47 Å². The van der Waals surface area contributed by atoms with Crippen molar-refractivity contribution in [2.45, 2.75) is 13.0 Å². The predicted molar refractivity (Wildman–Crippen MR) is 72.6 cm³/mol. The van der Waals surface area contributed by atoms with Gasteiger partial charge in [0.1, 0.15) is 17.9 Å². The molecule has 1 atom stereocenters. The lowest BCUT2D eigenvalue weighted by atomic mass is 10.3. The number of hydrogen-bond acceptors (Lipinski definition) is 4. The van der Waals surface area contributed by atoms with Crippen LogP contribution in [0.5, 0.6) is 5.75 Å². The highest BCUT2D eigenvalue weighted by Crippen LogP contribution is 2.17. The number of aromatic amines is 1. The van der Waals surface area contributed by atoms with Gasteiger partial charge in [-0.2, -0.15) is 5.10 Å². The predicted octanol–water partition coefficient (Wildman–Crippen LogP) is 1.82. The van der Waals surface area contributed by atoms with Gasteiger partial charge in [0.25, 0.3) is 5.91 Å². The van der Waals surface area contributed by atoms with Gasteiger partial charge in [0.05, 0.1) is 6.04 Å². The molecule has 1 aromatic heterocycles. The van der Waals surface area contributed by atoms with E-state index in [9.17, 15) is 4.79 Å². The Labute approximate surface area is 118 Å². The fourth-order valence-corrected chi connectivity index (χ4v) is 1.86. The Balaban J connectivity index is 1.82. The van der Waals surface area contributed by atoms with Gasteiger partial charge in [0.2, 0.25) is 0 Å². The Morgan fingerprint density at radius 1 is 1.58 bits per heavy atom. The topological polar surface area (TPSA) is 79.9 Å². The summed E-state index contributed by atoms with van der Waals surface area (Å²) >= 11 is 3.34. The zero-order valence-corrected chi connectivity index (χ0v) is 11.8. The first-order valence-corrected chi connectivity index (χ1v) is 6.47. The molecule has 0 aliphatic heterocycles. The van der Waals surface area contributed by atoms with Crippen LogP contribution >= 0.6 is 15.9 Å². The molecule has 0 aliphatic carbocycles. The van der Waals surface area contributed by atoms with Gasteiger partial charge in [0, 0.05) is 4.47 Å². The van der Waals surface area contributed by atoms with E-state index in [1.165, 1.54) is 6.33 Å². The Morgan fingerprint density at radius 2 is 2.42 bits per heavy atom. The Bertz CT molecular complexity index is 544. The number of rotatable bonds is 5. The number of nitrogens with one attached hydrogen (secondary N) is 2. The quantitative estimate of drug-likeness (QED) is 0.879. The van der Waals surface area contributed by atoms with E-state index in [1.807, 2.05) is 19.1 Å². The Kier molecular flexibility index (Phi) is 4.51. The maximum absolute atomic E-state index is 11.7. The summed E-state index contributed by atoms with van der Waals surface area (Å²) in [6, 6.07) is 7.08. The molecule has 0 radical (unpaired) electrons. The van der Waals surface area contributed by atoms with E-state index in [0.29, 0.717) is 11.6 Å². The molecule has 2 N–H and O–H groups in total. The number of hydrogen-bond donors (Lipinski definition) is 2. The molecule has 100 valence electrons. The molecular formula is C12H13BrN4O2. The lowest BCUT2D eigenvalue weighted by Crippen LogP contribution is -2.31. The lowest BCUT2D eigenvalue weighted by Gasteiger charge is -2.11. The fourth-order valence-electron chi connectivity index (χ4n) is 1.48. The van der Waals surface area contributed by atoms with Gasteiger partial charge >= 0.3 is 0 Å². The third-order valence-electron chi connectivity index (χ3n) is 2.39. The molecule has 1 amide bonds. The molecule has 0 saturated heterocycles. The minimum Gasteiger partial charge on any atom is -0.484 e. The molecule has 7 heteroatoms. The zero-order valence-electron chi connectivity index (χ0n) is 10.3. The van der Waals surface area contributed by atoms with Crippen molar-refractivity contribution in [1.29, 1.82) is 0 Å². The molecular weight excluding hydrogens is 312 g/mol. The van der Waals surface area contributed by atoms with Crippen molar-refractivity contribution in [2.75, 3.05) is 6.61 Å². The summed E-state index contributed by atoms with van der Waals surface area (Å²) in [6.45, 7) is 1.77. The number of nitrogens with zero attached hydrogens (tertiary/aromatic N) is 2. The second-order valence-corrected chi connectivity index (χ2v) is 4.82. The molecule has 1 aromatic carbocycles. The number of carbonyl (C=O) groups is 1. The zero-order chi connectivity index (χ0) is 13.7. The molecule has 0 fully saturated rings. The van der Waals surface area contributed by atoms with Crippen LogP contribution in [-0.2, 0) is 4.79 Å². The van der Waals surface area contributed by atoms with E-state index in [-0.39, 0.29) is 18.6 Å². The molecule has 0 bridgehead atoms. The SMILES string of the molecule is CC(NC(=O)COc1cccc(Br)c1)c1ncn[nH]1. The maximum Gasteiger partial charge on any atom is 0.258 e. The number of ether oxygens (including phenoxy) is 1. The van der Waals surface area contributed by atoms with Gasteiger partial charge in [0.15, 0.2) is 6.61 Å². The van der Waals surface area contributed by atoms with Gasteiger partial charge in [-0.15, -0.1) is 0 Å². The summed E-state index contributed by atoms with van der Waals surface area (Å²) in [5.41, 5.74) is 0. The normalized spacial score (nSPS) is 11.9.